The quantitative estimate of drug-likeness (QED) is 0.804. The third kappa shape index (κ3) is 2.33. The van der Waals surface area contributed by atoms with Crippen LogP contribution in [0.2, 0.25) is 0 Å². The summed E-state index contributed by atoms with van der Waals surface area (Å²) in [4.78, 5) is 23.8. The molecule has 88 valence electrons. The zero-order chi connectivity index (χ0) is 12.4. The van der Waals surface area contributed by atoms with Crippen LogP contribution in [-0.2, 0) is 4.79 Å². The van der Waals surface area contributed by atoms with Gasteiger partial charge in [0.1, 0.15) is 5.82 Å². The largest absolute Gasteiger partial charge is 0.351 e. The summed E-state index contributed by atoms with van der Waals surface area (Å²) in [5.41, 5.74) is 5.90. The molecule has 1 aliphatic heterocycles. The number of nitrogens with two attached hydrogens (primary N) is 1. The minimum absolute atomic E-state index is 0.0863. The Labute approximate surface area is 97.5 Å². The average molecular weight is 234 g/mol. The maximum absolute atomic E-state index is 12.8. The molecule has 0 saturated heterocycles. The zero-order valence-corrected chi connectivity index (χ0v) is 8.97. The number of amides is 2. The highest BCUT2D eigenvalue weighted by molar-refractivity contribution is 5.92. The van der Waals surface area contributed by atoms with E-state index >= 15 is 0 Å². The summed E-state index contributed by atoms with van der Waals surface area (Å²) in [6.45, 7) is 0. The van der Waals surface area contributed by atoms with E-state index in [1.54, 1.807) is 12.1 Å². The van der Waals surface area contributed by atoms with Gasteiger partial charge in [-0.3, -0.25) is 9.69 Å². The first-order valence-corrected chi connectivity index (χ1v) is 5.12. The predicted octanol–water partition coefficient (Wildman–Crippen LogP) is 1.73. The second-order valence-electron chi connectivity index (χ2n) is 3.80. The first-order valence-electron chi connectivity index (χ1n) is 5.12. The molecule has 0 spiro atoms. The molecule has 1 aromatic rings. The Morgan fingerprint density at radius 3 is 2.59 bits per heavy atom. The van der Waals surface area contributed by atoms with Gasteiger partial charge >= 0.3 is 6.03 Å². The number of carbonyl (C=O) groups excluding carboxylic acids is 2. The van der Waals surface area contributed by atoms with Crippen LogP contribution in [-0.4, -0.2) is 16.7 Å². The number of urea groups is 1. The van der Waals surface area contributed by atoms with Gasteiger partial charge in [-0.25, -0.2) is 9.18 Å². The van der Waals surface area contributed by atoms with E-state index in [1.807, 2.05) is 0 Å². The molecule has 0 bridgehead atoms. The van der Waals surface area contributed by atoms with Crippen LogP contribution >= 0.6 is 0 Å². The van der Waals surface area contributed by atoms with Crippen molar-refractivity contribution >= 4 is 11.8 Å². The molecule has 4 nitrogen and oxygen atoms in total. The first-order chi connectivity index (χ1) is 8.08. The van der Waals surface area contributed by atoms with E-state index < -0.39 is 12.1 Å². The Morgan fingerprint density at radius 2 is 2.00 bits per heavy atom. The van der Waals surface area contributed by atoms with E-state index in [1.165, 1.54) is 29.3 Å². The van der Waals surface area contributed by atoms with E-state index in [0.29, 0.717) is 5.56 Å². The molecular formula is C12H11FN2O2. The van der Waals surface area contributed by atoms with Crippen LogP contribution in [0.3, 0.4) is 0 Å². The smallest absolute Gasteiger partial charge is 0.319 e. The number of carbonyl (C=O) groups is 2. The number of hydrogen-bond acceptors (Lipinski definition) is 2. The summed E-state index contributed by atoms with van der Waals surface area (Å²) < 4.78 is 12.8. The summed E-state index contributed by atoms with van der Waals surface area (Å²) in [7, 11) is 0. The van der Waals surface area contributed by atoms with Gasteiger partial charge in [-0.15, -0.1) is 0 Å². The Morgan fingerprint density at radius 1 is 1.35 bits per heavy atom. The molecule has 5 heteroatoms. The highest BCUT2D eigenvalue weighted by Crippen LogP contribution is 2.28. The van der Waals surface area contributed by atoms with Gasteiger partial charge in [0.05, 0.1) is 6.04 Å². The van der Waals surface area contributed by atoms with Crippen LogP contribution in [0.15, 0.2) is 36.5 Å². The fraction of sp³-hybridized carbons (Fsp3) is 0.167. The molecule has 2 amide bonds. The molecule has 1 heterocycles. The van der Waals surface area contributed by atoms with Crippen LogP contribution < -0.4 is 5.73 Å². The second kappa shape index (κ2) is 4.37. The number of halogens is 1. The molecule has 2 N–H and O–H groups in total. The minimum Gasteiger partial charge on any atom is -0.351 e. The third-order valence-electron chi connectivity index (χ3n) is 2.66. The molecule has 1 aliphatic rings. The van der Waals surface area contributed by atoms with Crippen LogP contribution in [0, 0.1) is 5.82 Å². The van der Waals surface area contributed by atoms with Gasteiger partial charge in [-0.2, -0.15) is 0 Å². The van der Waals surface area contributed by atoms with Crippen LogP contribution in [0.25, 0.3) is 0 Å². The number of rotatable bonds is 1. The molecule has 0 radical (unpaired) electrons. The standard InChI is InChI=1S/C12H11FN2O2/c13-9-3-1-8(2-4-9)11-7-10(16)5-6-15(11)12(14)17/h1-6,11H,7H2,(H2,14,17). The van der Waals surface area contributed by atoms with Crippen molar-refractivity contribution in [3.05, 3.63) is 47.9 Å². The molecule has 0 aromatic heterocycles. The van der Waals surface area contributed by atoms with Gasteiger partial charge in [0.25, 0.3) is 0 Å². The van der Waals surface area contributed by atoms with Gasteiger partial charge in [0.2, 0.25) is 0 Å². The topological polar surface area (TPSA) is 63.4 Å². The molecular weight excluding hydrogens is 223 g/mol. The van der Waals surface area contributed by atoms with Crippen molar-refractivity contribution < 1.29 is 14.0 Å². The van der Waals surface area contributed by atoms with Crippen molar-refractivity contribution in [2.24, 2.45) is 5.73 Å². The van der Waals surface area contributed by atoms with Crippen molar-refractivity contribution in [1.82, 2.24) is 4.90 Å². The van der Waals surface area contributed by atoms with Crippen LogP contribution in [0.5, 0.6) is 0 Å². The predicted molar refractivity (Wildman–Crippen MR) is 59.3 cm³/mol. The van der Waals surface area contributed by atoms with E-state index in [4.69, 9.17) is 5.73 Å². The number of benzene rings is 1. The van der Waals surface area contributed by atoms with Crippen LogP contribution in [0.1, 0.15) is 18.0 Å². The Balaban J connectivity index is 2.34. The lowest BCUT2D eigenvalue weighted by Gasteiger charge is -2.29. The van der Waals surface area contributed by atoms with E-state index in [2.05, 4.69) is 0 Å². The molecule has 1 unspecified atom stereocenters. The molecule has 1 atom stereocenters. The van der Waals surface area contributed by atoms with Crippen molar-refractivity contribution in [2.75, 3.05) is 0 Å². The fourth-order valence-electron chi connectivity index (χ4n) is 1.81. The summed E-state index contributed by atoms with van der Waals surface area (Å²) >= 11 is 0. The Bertz CT molecular complexity index is 482. The fourth-order valence-corrected chi connectivity index (χ4v) is 1.81. The molecule has 17 heavy (non-hydrogen) atoms. The van der Waals surface area contributed by atoms with E-state index in [0.717, 1.165) is 0 Å². The number of primary amides is 1. The number of ketones is 1. The van der Waals surface area contributed by atoms with Gasteiger partial charge in [0, 0.05) is 12.6 Å². The summed E-state index contributed by atoms with van der Waals surface area (Å²) in [5.74, 6) is -0.450. The van der Waals surface area contributed by atoms with Crippen molar-refractivity contribution in [3.63, 3.8) is 0 Å². The molecule has 0 aliphatic carbocycles. The maximum atomic E-state index is 12.8. The first kappa shape index (κ1) is 11.3. The second-order valence-corrected chi connectivity index (χ2v) is 3.80. The molecule has 1 aromatic carbocycles. The van der Waals surface area contributed by atoms with Gasteiger partial charge in [0.15, 0.2) is 5.78 Å². The summed E-state index contributed by atoms with van der Waals surface area (Å²) in [5, 5.41) is 0. The average Bonchev–Trinajstić information content (AvgIpc) is 2.29. The zero-order valence-electron chi connectivity index (χ0n) is 8.97. The lowest BCUT2D eigenvalue weighted by Crippen LogP contribution is -2.37. The van der Waals surface area contributed by atoms with Gasteiger partial charge in [-0.05, 0) is 23.8 Å². The van der Waals surface area contributed by atoms with Crippen molar-refractivity contribution in [2.45, 2.75) is 12.5 Å². The molecule has 0 saturated carbocycles. The summed E-state index contributed by atoms with van der Waals surface area (Å²) in [6.07, 6.45) is 2.83. The number of nitrogens with zero attached hydrogens (tertiary/aromatic N) is 1. The molecule has 0 fully saturated rings. The Kier molecular flexibility index (Phi) is 2.91. The normalized spacial score (nSPS) is 19.5. The number of allylic oxidation sites excluding steroid dienone is 1. The van der Waals surface area contributed by atoms with Crippen LogP contribution in [0.4, 0.5) is 9.18 Å². The van der Waals surface area contributed by atoms with Crippen molar-refractivity contribution in [3.8, 4) is 0 Å². The highest BCUT2D eigenvalue weighted by Gasteiger charge is 2.27. The maximum Gasteiger partial charge on any atom is 0.319 e. The summed E-state index contributed by atoms with van der Waals surface area (Å²) in [6, 6.07) is 4.58. The Hall–Kier alpha value is -2.17. The minimum atomic E-state index is -0.636. The third-order valence-corrected chi connectivity index (χ3v) is 2.66. The van der Waals surface area contributed by atoms with E-state index in [-0.39, 0.29) is 18.0 Å². The SMILES string of the molecule is NC(=O)N1C=CC(=O)CC1c1ccc(F)cc1. The lowest BCUT2D eigenvalue weighted by molar-refractivity contribution is -0.116. The highest BCUT2D eigenvalue weighted by atomic mass is 19.1. The van der Waals surface area contributed by atoms with E-state index in [9.17, 15) is 14.0 Å². The lowest BCUT2D eigenvalue weighted by atomic mass is 9.97. The van der Waals surface area contributed by atoms with Gasteiger partial charge in [-0.1, -0.05) is 12.1 Å². The van der Waals surface area contributed by atoms with Crippen molar-refractivity contribution in [1.29, 1.82) is 0 Å². The monoisotopic (exact) mass is 234 g/mol. The number of hydrogen-bond donors (Lipinski definition) is 1. The van der Waals surface area contributed by atoms with Gasteiger partial charge < -0.3 is 5.73 Å². The molecule has 2 rings (SSSR count).